The second-order valence-electron chi connectivity index (χ2n) is 6.01. The Bertz CT molecular complexity index is 914. The van der Waals surface area contributed by atoms with E-state index < -0.39 is 11.7 Å². The van der Waals surface area contributed by atoms with Gasteiger partial charge >= 0.3 is 12.2 Å². The Morgan fingerprint density at radius 2 is 1.67 bits per heavy atom. The zero-order valence-electron chi connectivity index (χ0n) is 14.9. The maximum atomic E-state index is 13.5. The summed E-state index contributed by atoms with van der Waals surface area (Å²) in [5.41, 5.74) is 1.41. The van der Waals surface area contributed by atoms with Crippen LogP contribution in [0.3, 0.4) is 0 Å². The monoisotopic (exact) mass is 373 g/mol. The Hall–Kier alpha value is -3.09. The standard InChI is InChI=1S/C20H18F3N3O/c1-14-8-6-7-11-17(14)26(2)18-16(20(21,22)23)12-24-19(25-18)27-13-15-9-4-3-5-10-15/h3-12H,13H2,1-2H3. The van der Waals surface area contributed by atoms with Crippen LogP contribution in [-0.2, 0) is 12.8 Å². The first-order valence-electron chi connectivity index (χ1n) is 8.26. The van der Waals surface area contributed by atoms with Crippen LogP contribution in [0, 0.1) is 6.92 Å². The van der Waals surface area contributed by atoms with Gasteiger partial charge in [0.15, 0.2) is 5.82 Å². The summed E-state index contributed by atoms with van der Waals surface area (Å²) in [5.74, 6) is -0.255. The lowest BCUT2D eigenvalue weighted by Crippen LogP contribution is -2.20. The molecule has 7 heteroatoms. The van der Waals surface area contributed by atoms with Gasteiger partial charge in [-0.2, -0.15) is 18.2 Å². The molecular formula is C20H18F3N3O. The zero-order chi connectivity index (χ0) is 19.4. The molecule has 0 aliphatic carbocycles. The van der Waals surface area contributed by atoms with Crippen LogP contribution in [-0.4, -0.2) is 17.0 Å². The molecule has 27 heavy (non-hydrogen) atoms. The highest BCUT2D eigenvalue weighted by atomic mass is 19.4. The van der Waals surface area contributed by atoms with Crippen LogP contribution in [0.5, 0.6) is 6.01 Å². The molecule has 0 saturated heterocycles. The van der Waals surface area contributed by atoms with E-state index in [0.717, 1.165) is 17.3 Å². The van der Waals surface area contributed by atoms with Gasteiger partial charge in [-0.3, -0.25) is 0 Å². The molecule has 0 atom stereocenters. The van der Waals surface area contributed by atoms with Gasteiger partial charge in [-0.15, -0.1) is 0 Å². The molecule has 0 bridgehead atoms. The van der Waals surface area contributed by atoms with E-state index in [1.54, 1.807) is 19.2 Å². The molecule has 0 N–H and O–H groups in total. The summed E-state index contributed by atoms with van der Waals surface area (Å²) >= 11 is 0. The minimum Gasteiger partial charge on any atom is -0.459 e. The first kappa shape index (κ1) is 18.7. The summed E-state index contributed by atoms with van der Waals surface area (Å²) in [7, 11) is 1.54. The number of halogens is 3. The first-order chi connectivity index (χ1) is 12.9. The molecule has 0 aliphatic rings. The van der Waals surface area contributed by atoms with Crippen LogP contribution in [0.2, 0.25) is 0 Å². The van der Waals surface area contributed by atoms with Crippen LogP contribution >= 0.6 is 0 Å². The summed E-state index contributed by atoms with van der Waals surface area (Å²) < 4.78 is 45.9. The van der Waals surface area contributed by atoms with Crippen LogP contribution in [0.1, 0.15) is 16.7 Å². The van der Waals surface area contributed by atoms with Gasteiger partial charge in [-0.25, -0.2) is 4.98 Å². The number of aryl methyl sites for hydroxylation is 1. The topological polar surface area (TPSA) is 38.2 Å². The van der Waals surface area contributed by atoms with Crippen LogP contribution < -0.4 is 9.64 Å². The number of ether oxygens (including phenoxy) is 1. The fourth-order valence-electron chi connectivity index (χ4n) is 2.66. The van der Waals surface area contributed by atoms with Gasteiger partial charge in [0.1, 0.15) is 12.2 Å². The number of alkyl halides is 3. The Morgan fingerprint density at radius 1 is 1.00 bits per heavy atom. The highest BCUT2D eigenvalue weighted by molar-refractivity contribution is 5.65. The molecule has 0 radical (unpaired) electrons. The average Bonchev–Trinajstić information content (AvgIpc) is 2.66. The van der Waals surface area contributed by atoms with Crippen molar-refractivity contribution in [3.05, 3.63) is 77.5 Å². The number of aromatic nitrogens is 2. The van der Waals surface area contributed by atoms with Crippen LogP contribution in [0.4, 0.5) is 24.7 Å². The fraction of sp³-hybridized carbons (Fsp3) is 0.200. The van der Waals surface area contributed by atoms with E-state index in [4.69, 9.17) is 4.74 Å². The number of para-hydroxylation sites is 1. The number of benzene rings is 2. The van der Waals surface area contributed by atoms with Crippen molar-refractivity contribution in [3.8, 4) is 6.01 Å². The van der Waals surface area contributed by atoms with Crippen molar-refractivity contribution >= 4 is 11.5 Å². The van der Waals surface area contributed by atoms with Crippen molar-refractivity contribution < 1.29 is 17.9 Å². The maximum absolute atomic E-state index is 13.5. The lowest BCUT2D eigenvalue weighted by molar-refractivity contribution is -0.137. The predicted octanol–water partition coefficient (Wildman–Crippen LogP) is 5.15. The maximum Gasteiger partial charge on any atom is 0.421 e. The highest BCUT2D eigenvalue weighted by Crippen LogP contribution is 2.38. The average molecular weight is 373 g/mol. The molecule has 0 spiro atoms. The van der Waals surface area contributed by atoms with Crippen molar-refractivity contribution in [2.45, 2.75) is 19.7 Å². The van der Waals surface area contributed by atoms with Crippen molar-refractivity contribution in [2.24, 2.45) is 0 Å². The third-order valence-electron chi connectivity index (χ3n) is 4.06. The van der Waals surface area contributed by atoms with Crippen molar-refractivity contribution in [1.82, 2.24) is 9.97 Å². The second-order valence-corrected chi connectivity index (χ2v) is 6.01. The molecule has 0 fully saturated rings. The van der Waals surface area contributed by atoms with E-state index in [1.807, 2.05) is 49.4 Å². The van der Waals surface area contributed by atoms with E-state index >= 15 is 0 Å². The van der Waals surface area contributed by atoms with Gasteiger partial charge < -0.3 is 9.64 Å². The quantitative estimate of drug-likeness (QED) is 0.620. The smallest absolute Gasteiger partial charge is 0.421 e. The number of anilines is 2. The number of rotatable bonds is 5. The normalized spacial score (nSPS) is 11.3. The first-order valence-corrected chi connectivity index (χ1v) is 8.26. The number of hydrogen-bond donors (Lipinski definition) is 0. The van der Waals surface area contributed by atoms with Crippen molar-refractivity contribution in [1.29, 1.82) is 0 Å². The summed E-state index contributed by atoms with van der Waals surface area (Å²) in [6, 6.07) is 16.3. The molecule has 0 amide bonds. The van der Waals surface area contributed by atoms with Crippen LogP contribution in [0.15, 0.2) is 60.8 Å². The Morgan fingerprint density at radius 3 is 2.33 bits per heavy atom. The molecule has 140 valence electrons. The molecule has 3 rings (SSSR count). The Kier molecular flexibility index (Phi) is 5.30. The third-order valence-corrected chi connectivity index (χ3v) is 4.06. The minimum atomic E-state index is -4.58. The van der Waals surface area contributed by atoms with E-state index in [0.29, 0.717) is 5.69 Å². The second kappa shape index (κ2) is 7.65. The predicted molar refractivity (Wildman–Crippen MR) is 97.1 cm³/mol. The van der Waals surface area contributed by atoms with E-state index in [-0.39, 0.29) is 18.4 Å². The SMILES string of the molecule is Cc1ccccc1N(C)c1nc(OCc2ccccc2)ncc1C(F)(F)F. The number of hydrogen-bond acceptors (Lipinski definition) is 4. The summed E-state index contributed by atoms with van der Waals surface area (Å²) in [4.78, 5) is 9.18. The zero-order valence-corrected chi connectivity index (χ0v) is 14.9. The Balaban J connectivity index is 1.95. The van der Waals surface area contributed by atoms with Gasteiger partial charge in [0.2, 0.25) is 0 Å². The van der Waals surface area contributed by atoms with Gasteiger partial charge in [-0.1, -0.05) is 48.5 Å². The molecule has 0 aliphatic heterocycles. The summed E-state index contributed by atoms with van der Waals surface area (Å²) in [5, 5.41) is 0. The highest BCUT2D eigenvalue weighted by Gasteiger charge is 2.37. The molecule has 0 unspecified atom stereocenters. The Labute approximate surface area is 155 Å². The molecule has 2 aromatic carbocycles. The summed E-state index contributed by atoms with van der Waals surface area (Å²) in [6.45, 7) is 1.99. The van der Waals surface area contributed by atoms with Gasteiger partial charge in [0.25, 0.3) is 0 Å². The molecule has 4 nitrogen and oxygen atoms in total. The molecule has 1 heterocycles. The summed E-state index contributed by atoms with van der Waals surface area (Å²) in [6.07, 6.45) is -3.82. The molecular weight excluding hydrogens is 355 g/mol. The van der Waals surface area contributed by atoms with Gasteiger partial charge in [0.05, 0.1) is 0 Å². The van der Waals surface area contributed by atoms with Crippen molar-refractivity contribution in [3.63, 3.8) is 0 Å². The van der Waals surface area contributed by atoms with E-state index in [2.05, 4.69) is 9.97 Å². The molecule has 1 aromatic heterocycles. The molecule has 0 saturated carbocycles. The lowest BCUT2D eigenvalue weighted by atomic mass is 10.1. The minimum absolute atomic E-state index is 0.109. The van der Waals surface area contributed by atoms with Crippen molar-refractivity contribution in [2.75, 3.05) is 11.9 Å². The van der Waals surface area contributed by atoms with Crippen LogP contribution in [0.25, 0.3) is 0 Å². The van der Waals surface area contributed by atoms with Gasteiger partial charge in [-0.05, 0) is 24.1 Å². The fourth-order valence-corrected chi connectivity index (χ4v) is 2.66. The van der Waals surface area contributed by atoms with E-state index in [1.165, 1.54) is 4.90 Å². The third kappa shape index (κ3) is 4.36. The molecule has 3 aromatic rings. The lowest BCUT2D eigenvalue weighted by Gasteiger charge is -2.24. The van der Waals surface area contributed by atoms with Gasteiger partial charge in [0, 0.05) is 18.9 Å². The van der Waals surface area contributed by atoms with E-state index in [9.17, 15) is 13.2 Å². The largest absolute Gasteiger partial charge is 0.459 e. The number of nitrogens with zero attached hydrogens (tertiary/aromatic N) is 3.